The molecule has 98 valence electrons. The third kappa shape index (κ3) is 2.38. The molecule has 0 aliphatic heterocycles. The van der Waals surface area contributed by atoms with E-state index in [2.05, 4.69) is 4.98 Å². The highest BCUT2D eigenvalue weighted by atomic mass is 35.5. The first-order valence-electron chi connectivity index (χ1n) is 6.29. The molecular weight excluding hydrogens is 270 g/mol. The summed E-state index contributed by atoms with van der Waals surface area (Å²) in [6.07, 6.45) is 5.03. The first-order valence-corrected chi connectivity index (χ1v) is 6.66. The number of carbonyl (C=O) groups is 1. The summed E-state index contributed by atoms with van der Waals surface area (Å²) in [7, 11) is 0. The number of fused-ring (bicyclic) bond motifs is 1. The molecule has 0 bridgehead atoms. The number of para-hydroxylation sites is 1. The van der Waals surface area contributed by atoms with Gasteiger partial charge in [0.1, 0.15) is 0 Å². The summed E-state index contributed by atoms with van der Waals surface area (Å²) in [6.45, 7) is 0. The first-order chi connectivity index (χ1) is 9.75. The van der Waals surface area contributed by atoms with Gasteiger partial charge < -0.3 is 4.98 Å². The fourth-order valence-electron chi connectivity index (χ4n) is 2.14. The molecule has 0 radical (unpaired) electrons. The van der Waals surface area contributed by atoms with Crippen LogP contribution >= 0.6 is 11.6 Å². The van der Waals surface area contributed by atoms with Crippen LogP contribution in [0.4, 0.5) is 0 Å². The van der Waals surface area contributed by atoms with Crippen LogP contribution in [0.3, 0.4) is 0 Å². The lowest BCUT2D eigenvalue weighted by molar-refractivity contribution is 0.104. The van der Waals surface area contributed by atoms with Crippen molar-refractivity contribution in [2.24, 2.45) is 0 Å². The maximum atomic E-state index is 12.3. The van der Waals surface area contributed by atoms with Gasteiger partial charge in [-0.3, -0.25) is 4.79 Å². The van der Waals surface area contributed by atoms with Gasteiger partial charge in [-0.1, -0.05) is 48.0 Å². The van der Waals surface area contributed by atoms with Gasteiger partial charge >= 0.3 is 0 Å². The molecule has 3 rings (SSSR count). The van der Waals surface area contributed by atoms with Crippen molar-refractivity contribution in [2.45, 2.75) is 0 Å². The van der Waals surface area contributed by atoms with E-state index in [-0.39, 0.29) is 5.78 Å². The van der Waals surface area contributed by atoms with Gasteiger partial charge in [0, 0.05) is 27.7 Å². The molecule has 2 nitrogen and oxygen atoms in total. The average Bonchev–Trinajstić information content (AvgIpc) is 2.90. The molecule has 0 saturated carbocycles. The molecule has 0 atom stereocenters. The number of hydrogen-bond acceptors (Lipinski definition) is 1. The molecule has 20 heavy (non-hydrogen) atoms. The van der Waals surface area contributed by atoms with Crippen LogP contribution in [0.5, 0.6) is 0 Å². The molecule has 0 aliphatic carbocycles. The lowest BCUT2D eigenvalue weighted by Gasteiger charge is -1.96. The monoisotopic (exact) mass is 281 g/mol. The van der Waals surface area contributed by atoms with Crippen molar-refractivity contribution in [1.29, 1.82) is 0 Å². The minimum atomic E-state index is -0.0395. The van der Waals surface area contributed by atoms with Gasteiger partial charge in [-0.15, -0.1) is 0 Å². The third-order valence-corrected chi connectivity index (χ3v) is 3.52. The Morgan fingerprint density at radius 1 is 1.05 bits per heavy atom. The summed E-state index contributed by atoms with van der Waals surface area (Å²) in [6, 6.07) is 15.2. The molecule has 3 aromatic rings. The molecule has 1 heterocycles. The molecule has 0 aliphatic rings. The molecule has 0 amide bonds. The highest BCUT2D eigenvalue weighted by molar-refractivity contribution is 6.32. The van der Waals surface area contributed by atoms with Gasteiger partial charge in [0.25, 0.3) is 0 Å². The van der Waals surface area contributed by atoms with Crippen molar-refractivity contribution in [3.63, 3.8) is 0 Å². The second kappa shape index (κ2) is 5.35. The van der Waals surface area contributed by atoms with Crippen molar-refractivity contribution in [1.82, 2.24) is 4.98 Å². The zero-order valence-electron chi connectivity index (χ0n) is 10.6. The molecule has 0 unspecified atom stereocenters. The highest BCUT2D eigenvalue weighted by Crippen LogP contribution is 2.20. The molecule has 1 aromatic heterocycles. The predicted molar refractivity (Wildman–Crippen MR) is 83.1 cm³/mol. The number of aromatic nitrogens is 1. The maximum absolute atomic E-state index is 12.3. The normalized spacial score (nSPS) is 11.2. The maximum Gasteiger partial charge on any atom is 0.188 e. The standard InChI is InChI=1S/C17H12ClNO/c18-15-7-3-1-5-12(15)9-10-17(20)14-11-19-16-8-4-2-6-13(14)16/h1-11,19H. The Balaban J connectivity index is 1.92. The Morgan fingerprint density at radius 2 is 1.80 bits per heavy atom. The van der Waals surface area contributed by atoms with Crippen LogP contribution in [0, 0.1) is 0 Å². The number of halogens is 1. The number of allylic oxidation sites excluding steroid dienone is 1. The van der Waals surface area contributed by atoms with E-state index in [1.165, 1.54) is 0 Å². The van der Waals surface area contributed by atoms with E-state index in [1.807, 2.05) is 42.5 Å². The Hall–Kier alpha value is -2.32. The van der Waals surface area contributed by atoms with Crippen LogP contribution in [0.15, 0.2) is 60.8 Å². The summed E-state index contributed by atoms with van der Waals surface area (Å²) >= 11 is 6.06. The number of rotatable bonds is 3. The van der Waals surface area contributed by atoms with Crippen LogP contribution < -0.4 is 0 Å². The molecule has 3 heteroatoms. The van der Waals surface area contributed by atoms with Crippen LogP contribution in [0.1, 0.15) is 15.9 Å². The van der Waals surface area contributed by atoms with E-state index in [0.717, 1.165) is 16.5 Å². The second-order valence-electron chi connectivity index (χ2n) is 4.47. The van der Waals surface area contributed by atoms with Gasteiger partial charge in [-0.2, -0.15) is 0 Å². The molecule has 1 N–H and O–H groups in total. The smallest absolute Gasteiger partial charge is 0.188 e. The van der Waals surface area contributed by atoms with E-state index in [4.69, 9.17) is 11.6 Å². The first kappa shape index (κ1) is 12.7. The number of aromatic amines is 1. The average molecular weight is 282 g/mol. The lowest BCUT2D eigenvalue weighted by Crippen LogP contribution is -1.92. The van der Waals surface area contributed by atoms with Gasteiger partial charge in [0.05, 0.1) is 0 Å². The zero-order chi connectivity index (χ0) is 13.9. The summed E-state index contributed by atoms with van der Waals surface area (Å²) in [5, 5.41) is 1.57. The molecule has 0 spiro atoms. The fourth-order valence-corrected chi connectivity index (χ4v) is 2.34. The summed E-state index contributed by atoms with van der Waals surface area (Å²) in [5.74, 6) is -0.0395. The van der Waals surface area contributed by atoms with Crippen LogP contribution in [0.25, 0.3) is 17.0 Å². The Labute approximate surface area is 121 Å². The largest absolute Gasteiger partial charge is 0.360 e. The van der Waals surface area contributed by atoms with Crippen molar-refractivity contribution >= 4 is 34.4 Å². The third-order valence-electron chi connectivity index (χ3n) is 3.17. The van der Waals surface area contributed by atoms with Crippen LogP contribution in [0.2, 0.25) is 5.02 Å². The Kier molecular flexibility index (Phi) is 3.40. The Morgan fingerprint density at radius 3 is 2.65 bits per heavy atom. The van der Waals surface area contributed by atoms with E-state index in [0.29, 0.717) is 10.6 Å². The SMILES string of the molecule is O=C(C=Cc1ccccc1Cl)c1c[nH]c2ccccc12. The highest BCUT2D eigenvalue weighted by Gasteiger charge is 2.08. The number of H-pyrrole nitrogens is 1. The van der Waals surface area contributed by atoms with Crippen LogP contribution in [-0.4, -0.2) is 10.8 Å². The van der Waals surface area contributed by atoms with Crippen LogP contribution in [-0.2, 0) is 0 Å². The molecule has 2 aromatic carbocycles. The van der Waals surface area contributed by atoms with E-state index < -0.39 is 0 Å². The van der Waals surface area contributed by atoms with Crippen molar-refractivity contribution in [2.75, 3.05) is 0 Å². The number of nitrogens with one attached hydrogen (secondary N) is 1. The Bertz CT molecular complexity index is 801. The van der Waals surface area contributed by atoms with Gasteiger partial charge in [-0.25, -0.2) is 0 Å². The summed E-state index contributed by atoms with van der Waals surface area (Å²) in [4.78, 5) is 15.4. The summed E-state index contributed by atoms with van der Waals surface area (Å²) in [5.41, 5.74) is 2.47. The quantitative estimate of drug-likeness (QED) is 0.547. The van der Waals surface area contributed by atoms with Crippen molar-refractivity contribution in [3.05, 3.63) is 77.0 Å². The van der Waals surface area contributed by atoms with Crippen molar-refractivity contribution in [3.8, 4) is 0 Å². The molecule has 0 fully saturated rings. The van der Waals surface area contributed by atoms with Crippen molar-refractivity contribution < 1.29 is 4.79 Å². The minimum absolute atomic E-state index is 0.0395. The lowest BCUT2D eigenvalue weighted by atomic mass is 10.1. The summed E-state index contributed by atoms with van der Waals surface area (Å²) < 4.78 is 0. The minimum Gasteiger partial charge on any atom is -0.360 e. The predicted octanol–water partition coefficient (Wildman–Crippen LogP) is 4.72. The van der Waals surface area contributed by atoms with Gasteiger partial charge in [0.15, 0.2) is 5.78 Å². The fraction of sp³-hybridized carbons (Fsp3) is 0. The number of hydrogen-bond donors (Lipinski definition) is 1. The van der Waals surface area contributed by atoms with E-state index >= 15 is 0 Å². The number of benzene rings is 2. The van der Waals surface area contributed by atoms with Gasteiger partial charge in [0.2, 0.25) is 0 Å². The number of carbonyl (C=O) groups excluding carboxylic acids is 1. The molecule has 0 saturated heterocycles. The second-order valence-corrected chi connectivity index (χ2v) is 4.87. The zero-order valence-corrected chi connectivity index (χ0v) is 11.4. The van der Waals surface area contributed by atoms with E-state index in [9.17, 15) is 4.79 Å². The van der Waals surface area contributed by atoms with Gasteiger partial charge in [-0.05, 0) is 29.8 Å². The number of ketones is 1. The molecular formula is C17H12ClNO. The topological polar surface area (TPSA) is 32.9 Å². The van der Waals surface area contributed by atoms with E-state index in [1.54, 1.807) is 24.4 Å².